The highest BCUT2D eigenvalue weighted by atomic mass is 79.9. The quantitative estimate of drug-likeness (QED) is 0.644. The van der Waals surface area contributed by atoms with E-state index in [1.807, 2.05) is 0 Å². The van der Waals surface area contributed by atoms with E-state index in [0.717, 1.165) is 3.79 Å². The molecule has 0 fully saturated rings. The van der Waals surface area contributed by atoms with Gasteiger partial charge in [-0.15, -0.1) is 5.10 Å². The largest absolute Gasteiger partial charge is 0.380 e. The van der Waals surface area contributed by atoms with Crippen molar-refractivity contribution in [1.82, 2.24) is 9.59 Å². The van der Waals surface area contributed by atoms with Crippen molar-refractivity contribution in [3.63, 3.8) is 0 Å². The van der Waals surface area contributed by atoms with Gasteiger partial charge in [0.25, 0.3) is 0 Å². The Balaban J connectivity index is 3.12. The molecule has 1 aromatic rings. The van der Waals surface area contributed by atoms with E-state index >= 15 is 0 Å². The molecule has 1 aromatic heterocycles. The normalized spacial score (nSPS) is 9.29. The molecule has 0 aromatic carbocycles. The Morgan fingerprint density at radius 2 is 2.43 bits per heavy atom. The van der Waals surface area contributed by atoms with Crippen LogP contribution in [0.1, 0.15) is 0 Å². The summed E-state index contributed by atoms with van der Waals surface area (Å²) in [6.45, 7) is 0. The predicted molar refractivity (Wildman–Crippen MR) is 32.0 cm³/mol. The molecule has 38 valence electrons. The standard InChI is InChI=1S/C2H2BrN3S/c3-1-2(4)5-6-7-1/h4H2. The van der Waals surface area contributed by atoms with E-state index in [1.165, 1.54) is 11.5 Å². The van der Waals surface area contributed by atoms with Crippen LogP contribution < -0.4 is 5.73 Å². The average Bonchev–Trinajstić information content (AvgIpc) is 1.91. The summed E-state index contributed by atoms with van der Waals surface area (Å²) in [5, 5.41) is 3.52. The van der Waals surface area contributed by atoms with Crippen molar-refractivity contribution in [2.75, 3.05) is 5.73 Å². The third-order valence-corrected chi connectivity index (χ3v) is 1.84. The molecule has 5 heteroatoms. The van der Waals surface area contributed by atoms with E-state index in [2.05, 4.69) is 25.5 Å². The lowest BCUT2D eigenvalue weighted by Crippen LogP contribution is -1.83. The summed E-state index contributed by atoms with van der Waals surface area (Å²) in [6, 6.07) is 0. The number of anilines is 1. The molecule has 0 bridgehead atoms. The van der Waals surface area contributed by atoms with Crippen molar-refractivity contribution in [2.45, 2.75) is 0 Å². The maximum Gasteiger partial charge on any atom is 0.173 e. The van der Waals surface area contributed by atoms with E-state index in [1.54, 1.807) is 0 Å². The monoisotopic (exact) mass is 179 g/mol. The Bertz CT molecular complexity index is 145. The van der Waals surface area contributed by atoms with Gasteiger partial charge in [-0.3, -0.25) is 0 Å². The predicted octanol–water partition coefficient (Wildman–Crippen LogP) is 0.883. The number of hydrogen-bond donors (Lipinski definition) is 1. The fourth-order valence-electron chi connectivity index (χ4n) is 0.186. The second-order valence-corrected chi connectivity index (χ2v) is 3.00. The first-order valence-electron chi connectivity index (χ1n) is 1.54. The molecule has 0 aliphatic heterocycles. The number of halogens is 1. The van der Waals surface area contributed by atoms with Gasteiger partial charge in [0.2, 0.25) is 0 Å². The maximum absolute atomic E-state index is 5.23. The van der Waals surface area contributed by atoms with E-state index in [-0.39, 0.29) is 0 Å². The first kappa shape index (κ1) is 4.99. The van der Waals surface area contributed by atoms with Gasteiger partial charge in [0.1, 0.15) is 3.79 Å². The highest BCUT2D eigenvalue weighted by Gasteiger charge is 1.94. The van der Waals surface area contributed by atoms with Crippen LogP contribution in [0.3, 0.4) is 0 Å². The Hall–Kier alpha value is -0.160. The molecule has 0 saturated carbocycles. The molecule has 0 spiro atoms. The summed E-state index contributed by atoms with van der Waals surface area (Å²) in [5.41, 5.74) is 5.23. The van der Waals surface area contributed by atoms with Gasteiger partial charge in [0.15, 0.2) is 5.82 Å². The van der Waals surface area contributed by atoms with Crippen molar-refractivity contribution >= 4 is 33.3 Å². The van der Waals surface area contributed by atoms with Gasteiger partial charge < -0.3 is 5.73 Å². The first-order chi connectivity index (χ1) is 3.30. The van der Waals surface area contributed by atoms with Gasteiger partial charge in [-0.1, -0.05) is 4.49 Å². The van der Waals surface area contributed by atoms with Gasteiger partial charge in [0, 0.05) is 0 Å². The summed E-state index contributed by atoms with van der Waals surface area (Å²) in [5.74, 6) is 0.463. The van der Waals surface area contributed by atoms with E-state index in [9.17, 15) is 0 Å². The molecular formula is C2H2BrN3S. The van der Waals surface area contributed by atoms with Crippen LogP contribution in [0, 0.1) is 0 Å². The molecule has 0 aliphatic rings. The van der Waals surface area contributed by atoms with Crippen molar-refractivity contribution in [3.8, 4) is 0 Å². The molecule has 0 atom stereocenters. The topological polar surface area (TPSA) is 51.8 Å². The minimum absolute atomic E-state index is 0.463. The molecule has 7 heavy (non-hydrogen) atoms. The maximum atomic E-state index is 5.23. The minimum Gasteiger partial charge on any atom is -0.380 e. The fraction of sp³-hybridized carbons (Fsp3) is 0. The molecule has 0 saturated heterocycles. The SMILES string of the molecule is Nc1nnsc1Br. The van der Waals surface area contributed by atoms with Crippen molar-refractivity contribution in [3.05, 3.63) is 3.79 Å². The smallest absolute Gasteiger partial charge is 0.173 e. The Kier molecular flexibility index (Phi) is 1.25. The van der Waals surface area contributed by atoms with Gasteiger partial charge in [0.05, 0.1) is 0 Å². The lowest BCUT2D eigenvalue weighted by atomic mass is 10.9. The fourth-order valence-corrected chi connectivity index (χ4v) is 0.795. The Labute approximate surface area is 52.8 Å². The highest BCUT2D eigenvalue weighted by Crippen LogP contribution is 2.18. The average molecular weight is 180 g/mol. The van der Waals surface area contributed by atoms with E-state index in [4.69, 9.17) is 5.73 Å². The van der Waals surface area contributed by atoms with Gasteiger partial charge in [-0.2, -0.15) is 0 Å². The Morgan fingerprint density at radius 3 is 2.57 bits per heavy atom. The molecule has 0 radical (unpaired) electrons. The summed E-state index contributed by atoms with van der Waals surface area (Å²) in [7, 11) is 0. The van der Waals surface area contributed by atoms with Crippen molar-refractivity contribution in [2.24, 2.45) is 0 Å². The molecule has 0 unspecified atom stereocenters. The number of nitrogens with zero attached hydrogens (tertiary/aromatic N) is 2. The van der Waals surface area contributed by atoms with E-state index in [0.29, 0.717) is 5.82 Å². The Morgan fingerprint density at radius 1 is 1.71 bits per heavy atom. The van der Waals surface area contributed by atoms with Crippen molar-refractivity contribution < 1.29 is 0 Å². The van der Waals surface area contributed by atoms with Crippen LogP contribution in [0.4, 0.5) is 5.82 Å². The lowest BCUT2D eigenvalue weighted by molar-refractivity contribution is 1.16. The number of nitrogen functional groups attached to an aromatic ring is 1. The molecule has 1 heterocycles. The number of aromatic nitrogens is 2. The van der Waals surface area contributed by atoms with Crippen LogP contribution in [0.2, 0.25) is 0 Å². The molecule has 3 nitrogen and oxygen atoms in total. The molecule has 0 amide bonds. The second-order valence-electron chi connectivity index (χ2n) is 0.932. The zero-order valence-electron chi connectivity index (χ0n) is 3.26. The second kappa shape index (κ2) is 1.75. The van der Waals surface area contributed by atoms with Gasteiger partial charge in [-0.05, 0) is 27.5 Å². The van der Waals surface area contributed by atoms with Crippen LogP contribution in [0.15, 0.2) is 3.79 Å². The summed E-state index contributed by atoms with van der Waals surface area (Å²) < 4.78 is 4.34. The van der Waals surface area contributed by atoms with Crippen LogP contribution >= 0.6 is 27.5 Å². The molecular weight excluding hydrogens is 178 g/mol. The zero-order chi connectivity index (χ0) is 5.28. The third kappa shape index (κ3) is 0.889. The number of hydrogen-bond acceptors (Lipinski definition) is 4. The molecule has 0 aliphatic carbocycles. The van der Waals surface area contributed by atoms with Crippen LogP contribution in [0.5, 0.6) is 0 Å². The third-order valence-electron chi connectivity index (χ3n) is 0.471. The number of nitrogens with two attached hydrogens (primary N) is 1. The summed E-state index contributed by atoms with van der Waals surface area (Å²) in [6.07, 6.45) is 0. The van der Waals surface area contributed by atoms with Gasteiger partial charge >= 0.3 is 0 Å². The molecule has 2 N–H and O–H groups in total. The summed E-state index contributed by atoms with van der Waals surface area (Å²) in [4.78, 5) is 0. The molecule has 1 rings (SSSR count). The number of rotatable bonds is 0. The lowest BCUT2D eigenvalue weighted by Gasteiger charge is -1.73. The first-order valence-corrected chi connectivity index (χ1v) is 3.10. The van der Waals surface area contributed by atoms with Crippen LogP contribution in [0.25, 0.3) is 0 Å². The van der Waals surface area contributed by atoms with Crippen LogP contribution in [-0.2, 0) is 0 Å². The van der Waals surface area contributed by atoms with E-state index < -0.39 is 0 Å². The van der Waals surface area contributed by atoms with Crippen molar-refractivity contribution in [1.29, 1.82) is 0 Å². The van der Waals surface area contributed by atoms with Crippen LogP contribution in [-0.4, -0.2) is 9.59 Å². The zero-order valence-corrected chi connectivity index (χ0v) is 5.66. The highest BCUT2D eigenvalue weighted by molar-refractivity contribution is 9.11. The minimum atomic E-state index is 0.463. The summed E-state index contributed by atoms with van der Waals surface area (Å²) >= 11 is 4.37. The van der Waals surface area contributed by atoms with Gasteiger partial charge in [-0.25, -0.2) is 0 Å².